The minimum absolute atomic E-state index is 0.243. The summed E-state index contributed by atoms with van der Waals surface area (Å²) in [5.41, 5.74) is 4.98. The second-order valence-corrected chi connectivity index (χ2v) is 6.88. The number of ether oxygens (including phenoxy) is 1. The van der Waals surface area contributed by atoms with Crippen LogP contribution >= 0.6 is 0 Å². The maximum absolute atomic E-state index is 13.2. The van der Waals surface area contributed by atoms with Crippen LogP contribution in [0.1, 0.15) is 37.4 Å². The molecule has 0 saturated heterocycles. The van der Waals surface area contributed by atoms with E-state index < -0.39 is 0 Å². The minimum atomic E-state index is -0.243. The van der Waals surface area contributed by atoms with Crippen LogP contribution in [0.3, 0.4) is 0 Å². The van der Waals surface area contributed by atoms with Gasteiger partial charge in [0.1, 0.15) is 11.6 Å². The van der Waals surface area contributed by atoms with Crippen LogP contribution in [0.25, 0.3) is 16.9 Å². The number of fused-ring (bicyclic) bond motifs is 2. The van der Waals surface area contributed by atoms with Crippen molar-refractivity contribution in [2.75, 3.05) is 25.1 Å². The average Bonchev–Trinajstić information content (AvgIpc) is 3.11. The number of rotatable bonds is 7. The molecule has 0 radical (unpaired) electrons. The molecule has 2 aromatic heterocycles. The van der Waals surface area contributed by atoms with E-state index >= 15 is 0 Å². The number of hydrogen-bond acceptors (Lipinski definition) is 4. The third-order valence-corrected chi connectivity index (χ3v) is 4.98. The molecule has 0 atom stereocenters. The average molecular weight is 368 g/mol. The fraction of sp³-hybridized carbons (Fsp3) is 0.429. The zero-order valence-corrected chi connectivity index (χ0v) is 15.7. The van der Waals surface area contributed by atoms with Gasteiger partial charge in [-0.2, -0.15) is 9.61 Å². The molecule has 0 bridgehead atoms. The maximum atomic E-state index is 13.2. The molecule has 0 saturated carbocycles. The molecule has 1 N–H and O–H groups in total. The van der Waals surface area contributed by atoms with Crippen LogP contribution in [0.4, 0.5) is 10.2 Å². The van der Waals surface area contributed by atoms with E-state index in [-0.39, 0.29) is 5.82 Å². The standard InChI is InChI=1S/C21H25FN4O/c1-2-27-13-5-12-23-21-17-6-3-4-7-18(17)24-20-14-19(25-26(20)21)15-8-10-16(22)11-9-15/h8-11,14,23H,2-7,12-13H2,1H3. The van der Waals surface area contributed by atoms with Crippen molar-refractivity contribution in [3.8, 4) is 11.3 Å². The Hall–Kier alpha value is -2.47. The molecule has 0 unspecified atom stereocenters. The molecule has 142 valence electrons. The van der Waals surface area contributed by atoms with E-state index in [2.05, 4.69) is 5.32 Å². The summed E-state index contributed by atoms with van der Waals surface area (Å²) in [6.07, 6.45) is 5.34. The predicted molar refractivity (Wildman–Crippen MR) is 105 cm³/mol. The Bertz CT molecular complexity index is 920. The molecule has 4 rings (SSSR count). The van der Waals surface area contributed by atoms with Crippen molar-refractivity contribution >= 4 is 11.5 Å². The van der Waals surface area contributed by atoms with E-state index in [0.717, 1.165) is 61.7 Å². The quantitative estimate of drug-likeness (QED) is 0.634. The molecule has 0 aliphatic heterocycles. The van der Waals surface area contributed by atoms with Gasteiger partial charge in [-0.3, -0.25) is 0 Å². The van der Waals surface area contributed by atoms with E-state index in [1.165, 1.54) is 36.2 Å². The van der Waals surface area contributed by atoms with E-state index in [0.29, 0.717) is 0 Å². The van der Waals surface area contributed by atoms with Gasteiger partial charge in [-0.05, 0) is 63.3 Å². The molecule has 6 heteroatoms. The number of hydrogen-bond donors (Lipinski definition) is 1. The number of aromatic nitrogens is 3. The van der Waals surface area contributed by atoms with Crippen LogP contribution < -0.4 is 5.32 Å². The van der Waals surface area contributed by atoms with Crippen LogP contribution in [-0.2, 0) is 17.6 Å². The highest BCUT2D eigenvalue weighted by Crippen LogP contribution is 2.29. The minimum Gasteiger partial charge on any atom is -0.382 e. The monoisotopic (exact) mass is 368 g/mol. The van der Waals surface area contributed by atoms with Crippen LogP contribution in [0, 0.1) is 5.82 Å². The van der Waals surface area contributed by atoms with Crippen molar-refractivity contribution in [3.05, 3.63) is 47.4 Å². The number of anilines is 1. The zero-order valence-electron chi connectivity index (χ0n) is 15.7. The Morgan fingerprint density at radius 2 is 2.00 bits per heavy atom. The van der Waals surface area contributed by atoms with Gasteiger partial charge in [-0.15, -0.1) is 0 Å². The summed E-state index contributed by atoms with van der Waals surface area (Å²) in [7, 11) is 0. The van der Waals surface area contributed by atoms with E-state index in [1.807, 2.05) is 17.5 Å². The Morgan fingerprint density at radius 1 is 1.19 bits per heavy atom. The summed E-state index contributed by atoms with van der Waals surface area (Å²) in [5.74, 6) is 0.798. The Morgan fingerprint density at radius 3 is 2.81 bits per heavy atom. The van der Waals surface area contributed by atoms with Gasteiger partial charge in [0, 0.05) is 42.6 Å². The van der Waals surface area contributed by atoms with Crippen LogP contribution in [-0.4, -0.2) is 34.4 Å². The normalized spacial score (nSPS) is 13.7. The molecule has 0 amide bonds. The van der Waals surface area contributed by atoms with Crippen LogP contribution in [0.2, 0.25) is 0 Å². The first-order valence-corrected chi connectivity index (χ1v) is 9.75. The Labute approximate surface area is 158 Å². The molecule has 1 aliphatic carbocycles. The van der Waals surface area contributed by atoms with Crippen LogP contribution in [0.5, 0.6) is 0 Å². The van der Waals surface area contributed by atoms with Crippen molar-refractivity contribution in [1.29, 1.82) is 0 Å². The number of benzene rings is 1. The van der Waals surface area contributed by atoms with E-state index in [1.54, 1.807) is 12.1 Å². The second-order valence-electron chi connectivity index (χ2n) is 6.88. The van der Waals surface area contributed by atoms with Gasteiger partial charge in [-0.25, -0.2) is 9.37 Å². The first kappa shape index (κ1) is 17.9. The summed E-state index contributed by atoms with van der Waals surface area (Å²) < 4.78 is 20.6. The molecule has 5 nitrogen and oxygen atoms in total. The van der Waals surface area contributed by atoms with Gasteiger partial charge in [0.25, 0.3) is 0 Å². The largest absolute Gasteiger partial charge is 0.382 e. The number of nitrogens with one attached hydrogen (secondary N) is 1. The number of halogens is 1. The molecule has 2 heterocycles. The lowest BCUT2D eigenvalue weighted by molar-refractivity contribution is 0.147. The van der Waals surface area contributed by atoms with Gasteiger partial charge in [-0.1, -0.05) is 0 Å². The van der Waals surface area contributed by atoms with Crippen molar-refractivity contribution in [3.63, 3.8) is 0 Å². The van der Waals surface area contributed by atoms with E-state index in [9.17, 15) is 4.39 Å². The zero-order chi connectivity index (χ0) is 18.6. The first-order chi connectivity index (χ1) is 13.3. The van der Waals surface area contributed by atoms with Crippen molar-refractivity contribution in [1.82, 2.24) is 14.6 Å². The number of nitrogens with zero attached hydrogens (tertiary/aromatic N) is 3. The molecule has 0 fully saturated rings. The predicted octanol–water partition coefficient (Wildman–Crippen LogP) is 4.25. The highest BCUT2D eigenvalue weighted by Gasteiger charge is 2.20. The Kier molecular flexibility index (Phi) is 5.34. The third kappa shape index (κ3) is 3.81. The van der Waals surface area contributed by atoms with Gasteiger partial charge >= 0.3 is 0 Å². The molecular weight excluding hydrogens is 343 g/mol. The lowest BCUT2D eigenvalue weighted by atomic mass is 9.96. The second kappa shape index (κ2) is 8.05. The molecule has 27 heavy (non-hydrogen) atoms. The molecule has 1 aromatic carbocycles. The lowest BCUT2D eigenvalue weighted by Gasteiger charge is -2.20. The molecule has 0 spiro atoms. The highest BCUT2D eigenvalue weighted by atomic mass is 19.1. The summed E-state index contributed by atoms with van der Waals surface area (Å²) in [6.45, 7) is 4.34. The summed E-state index contributed by atoms with van der Waals surface area (Å²) in [4.78, 5) is 4.86. The third-order valence-electron chi connectivity index (χ3n) is 4.98. The summed E-state index contributed by atoms with van der Waals surface area (Å²) in [6, 6.07) is 8.42. The van der Waals surface area contributed by atoms with Gasteiger partial charge < -0.3 is 10.1 Å². The highest BCUT2D eigenvalue weighted by molar-refractivity contribution is 5.67. The van der Waals surface area contributed by atoms with Crippen LogP contribution in [0.15, 0.2) is 30.3 Å². The SMILES string of the molecule is CCOCCCNc1c2c(nc3cc(-c4ccc(F)cc4)nn13)CCCC2. The summed E-state index contributed by atoms with van der Waals surface area (Å²) >= 11 is 0. The Balaban J connectivity index is 1.70. The maximum Gasteiger partial charge on any atom is 0.158 e. The fourth-order valence-corrected chi connectivity index (χ4v) is 3.62. The molecular formula is C21H25FN4O. The first-order valence-electron chi connectivity index (χ1n) is 9.75. The lowest BCUT2D eigenvalue weighted by Crippen LogP contribution is -2.16. The summed E-state index contributed by atoms with van der Waals surface area (Å²) in [5, 5.41) is 8.34. The van der Waals surface area contributed by atoms with Crippen molar-refractivity contribution < 1.29 is 9.13 Å². The molecule has 3 aromatic rings. The smallest absolute Gasteiger partial charge is 0.158 e. The topological polar surface area (TPSA) is 51.5 Å². The van der Waals surface area contributed by atoms with Gasteiger partial charge in [0.15, 0.2) is 5.65 Å². The van der Waals surface area contributed by atoms with Gasteiger partial charge in [0.05, 0.1) is 5.69 Å². The van der Waals surface area contributed by atoms with Crippen molar-refractivity contribution in [2.24, 2.45) is 0 Å². The van der Waals surface area contributed by atoms with Crippen molar-refractivity contribution in [2.45, 2.75) is 39.0 Å². The van der Waals surface area contributed by atoms with E-state index in [4.69, 9.17) is 14.8 Å². The van der Waals surface area contributed by atoms with Gasteiger partial charge in [0.2, 0.25) is 0 Å². The number of aryl methyl sites for hydroxylation is 1. The fourth-order valence-electron chi connectivity index (χ4n) is 3.62. The molecule has 1 aliphatic rings.